The third kappa shape index (κ3) is 7.45. The third-order valence-electron chi connectivity index (χ3n) is 1.81. The van der Waals surface area contributed by atoms with E-state index in [9.17, 15) is 9.59 Å². The van der Waals surface area contributed by atoms with Gasteiger partial charge in [-0.25, -0.2) is 0 Å². The van der Waals surface area contributed by atoms with Gasteiger partial charge in [-0.15, -0.1) is 0 Å². The van der Waals surface area contributed by atoms with Crippen LogP contribution < -0.4 is 5.32 Å². The maximum atomic E-state index is 10.7. The molecule has 0 aliphatic carbocycles. The van der Waals surface area contributed by atoms with Crippen molar-refractivity contribution in [3.05, 3.63) is 35.9 Å². The maximum Gasteiger partial charge on any atom is 0.323 e. The van der Waals surface area contributed by atoms with Crippen LogP contribution in [0.3, 0.4) is 0 Å². The van der Waals surface area contributed by atoms with Crippen LogP contribution in [0.15, 0.2) is 30.3 Å². The smallest absolute Gasteiger partial charge is 0.323 e. The summed E-state index contributed by atoms with van der Waals surface area (Å²) >= 11 is 0. The average molecular weight is 493 g/mol. The molecule has 0 saturated heterocycles. The molecule has 2 N–H and O–H groups in total. The SMILES string of the molecule is CCC.O=[C-]NC(Cc1ccccc1)C(=O)O.[Fm]. The van der Waals surface area contributed by atoms with Gasteiger partial charge >= 0.3 is 5.97 Å². The van der Waals surface area contributed by atoms with Crippen LogP contribution in [0.5, 0.6) is 0 Å². The molecular formula is C13H18FmNO3-. The van der Waals surface area contributed by atoms with Crippen LogP contribution in [0.1, 0.15) is 25.8 Å². The monoisotopic (exact) mass is 493 g/mol. The molecule has 1 aromatic rings. The van der Waals surface area contributed by atoms with Crippen LogP contribution in [-0.2, 0) is 16.0 Å². The second kappa shape index (κ2) is 10.7. The topological polar surface area (TPSA) is 66.4 Å². The Bertz CT molecular complexity index is 330. The molecule has 0 spiro atoms. The van der Waals surface area contributed by atoms with E-state index in [0.29, 0.717) is 0 Å². The van der Waals surface area contributed by atoms with Crippen LogP contribution in [0.4, 0.5) is 0 Å². The summed E-state index contributed by atoms with van der Waals surface area (Å²) in [6, 6.07) is 8.19. The van der Waals surface area contributed by atoms with Crippen molar-refractivity contribution in [2.24, 2.45) is 0 Å². The van der Waals surface area contributed by atoms with Crippen LogP contribution in [0.2, 0.25) is 0 Å². The van der Waals surface area contributed by atoms with Gasteiger partial charge in [-0.3, -0.25) is 4.79 Å². The Hall–Kier alpha value is -2.84. The Labute approximate surface area is 102 Å². The zero-order valence-electron chi connectivity index (χ0n) is 10.4. The van der Waals surface area contributed by atoms with Crippen LogP contribution >= 0.6 is 0 Å². The first-order chi connectivity index (χ1) is 8.15. The first-order valence-electron chi connectivity index (χ1n) is 5.55. The first kappa shape index (κ1) is 17.6. The number of carboxylic acids is 1. The number of nitrogens with one attached hydrogen (secondary N) is 1. The van der Waals surface area contributed by atoms with Gasteiger partial charge < -0.3 is 15.2 Å². The molecule has 1 unspecified atom stereocenters. The van der Waals surface area contributed by atoms with Gasteiger partial charge in [-0.05, 0) is 5.56 Å². The minimum absolute atomic E-state index is 0. The van der Waals surface area contributed by atoms with Gasteiger partial charge in [0.15, 0.2) is 0 Å². The Morgan fingerprint density at radius 1 is 1.33 bits per heavy atom. The zero-order valence-corrected chi connectivity index (χ0v) is 12.8. The normalized spacial score (nSPS) is 10.1. The molecular weight excluding hydrogens is 475 g/mol. The molecule has 4 nitrogen and oxygen atoms in total. The third-order valence-corrected chi connectivity index (χ3v) is 1.81. The van der Waals surface area contributed by atoms with E-state index in [1.165, 1.54) is 12.8 Å². The molecule has 0 aliphatic rings. The Kier molecular flexibility index (Phi) is 10.4. The van der Waals surface area contributed by atoms with E-state index in [0.717, 1.165) is 5.56 Å². The first-order valence-corrected chi connectivity index (χ1v) is 5.55. The van der Waals surface area contributed by atoms with Crippen molar-refractivity contribution in [2.45, 2.75) is 32.7 Å². The summed E-state index contributed by atoms with van der Waals surface area (Å²) < 4.78 is 0. The Balaban J connectivity index is 0. The molecule has 0 radical (unpaired) electrons. The molecule has 0 fully saturated rings. The van der Waals surface area contributed by atoms with E-state index in [4.69, 9.17) is 5.11 Å². The van der Waals surface area contributed by atoms with Crippen molar-refractivity contribution < 1.29 is 14.7 Å². The van der Waals surface area contributed by atoms with Crippen molar-refractivity contribution >= 4 is 12.4 Å². The molecule has 106 valence electrons. The van der Waals surface area contributed by atoms with Gasteiger partial charge in [0.25, 0.3) is 0 Å². The number of rotatable bonds is 5. The summed E-state index contributed by atoms with van der Waals surface area (Å²) in [6.07, 6.45) is 2.91. The van der Waals surface area contributed by atoms with Crippen LogP contribution in [-0.4, -0.2) is 23.5 Å². The molecule has 1 aromatic carbocycles. The fourth-order valence-electron chi connectivity index (χ4n) is 1.12. The van der Waals surface area contributed by atoms with E-state index in [1.54, 1.807) is 0 Å². The summed E-state index contributed by atoms with van der Waals surface area (Å²) in [4.78, 5) is 20.7. The number of hydrogen-bond acceptors (Lipinski definition) is 2. The fourth-order valence-corrected chi connectivity index (χ4v) is 1.12. The van der Waals surface area contributed by atoms with Gasteiger partial charge in [-0.1, -0.05) is 50.6 Å². The Morgan fingerprint density at radius 2 is 1.83 bits per heavy atom. The Morgan fingerprint density at radius 3 is 2.22 bits per heavy atom. The number of hydrogen-bond donors (Lipinski definition) is 2. The van der Waals surface area contributed by atoms with Gasteiger partial charge in [-0.2, -0.15) is 6.41 Å². The number of aliphatic carboxylic acids is 1. The molecule has 1 atom stereocenters. The molecule has 0 saturated carbocycles. The molecule has 5 heteroatoms. The van der Waals surface area contributed by atoms with Crippen molar-refractivity contribution in [1.29, 1.82) is 0 Å². The number of carboxylic acid groups (broad SMARTS) is 1. The van der Waals surface area contributed by atoms with Crippen molar-refractivity contribution in [3.8, 4) is 0 Å². The standard InChI is InChI=1S/C10H10NO3.C3H8.Fm/c12-7-11-9(10(13)14)6-8-4-2-1-3-5-8;1-3-2;/h1-5,9H,6H2,(H,11,12)(H,13,14);3H2,1-2H3;/q-1;;. The van der Waals surface area contributed by atoms with Gasteiger partial charge in [0.1, 0.15) is 6.04 Å². The second-order valence-electron chi connectivity index (χ2n) is 3.53. The zero-order chi connectivity index (χ0) is 13.1. The van der Waals surface area contributed by atoms with Crippen LogP contribution in [0, 0.1) is 0 Å². The molecule has 18 heavy (non-hydrogen) atoms. The van der Waals surface area contributed by atoms with Crippen molar-refractivity contribution in [3.63, 3.8) is 0 Å². The predicted octanol–water partition coefficient (Wildman–Crippen LogP) is 1.76. The molecule has 0 heterocycles. The van der Waals surface area contributed by atoms with Crippen molar-refractivity contribution in [1.82, 2.24) is 5.32 Å². The molecule has 0 bridgehead atoms. The number of amides is 1. The minimum Gasteiger partial charge on any atom is -0.520 e. The summed E-state index contributed by atoms with van der Waals surface area (Å²) in [5.41, 5.74) is 0.864. The largest absolute Gasteiger partial charge is 0.520 e. The molecule has 1 rings (SSSR count). The van der Waals surface area contributed by atoms with E-state index in [2.05, 4.69) is 19.2 Å². The summed E-state index contributed by atoms with van der Waals surface area (Å²) in [7, 11) is 0. The summed E-state index contributed by atoms with van der Waals surface area (Å²) in [6.45, 7) is 4.25. The van der Waals surface area contributed by atoms with Crippen molar-refractivity contribution in [2.75, 3.05) is 0 Å². The summed E-state index contributed by atoms with van der Waals surface area (Å²) in [5.74, 6) is -1.06. The minimum atomic E-state index is -1.06. The summed E-state index contributed by atoms with van der Waals surface area (Å²) in [5, 5.41) is 10.8. The average Bonchev–Trinajstić information content (AvgIpc) is 2.31. The fraction of sp³-hybridized carbons (Fsp3) is 0.385. The van der Waals surface area contributed by atoms with Gasteiger partial charge in [0, 0.05) is 6.42 Å². The van der Waals surface area contributed by atoms with E-state index < -0.39 is 12.0 Å². The maximum absolute atomic E-state index is 10.7. The van der Waals surface area contributed by atoms with Gasteiger partial charge in [0.2, 0.25) is 0 Å². The predicted molar refractivity (Wildman–Crippen MR) is 66.4 cm³/mol. The molecule has 0 aromatic heterocycles. The number of benzene rings is 1. The van der Waals surface area contributed by atoms with E-state index >= 15 is 0 Å². The quantitative estimate of drug-likeness (QED) is 0.486. The molecule has 1 amide bonds. The molecule has 0 aliphatic heterocycles. The van der Waals surface area contributed by atoms with Gasteiger partial charge in [0.05, 0.1) is 0 Å². The van der Waals surface area contributed by atoms with E-state index in [-0.39, 0.29) is 6.42 Å². The van der Waals surface area contributed by atoms with Crippen LogP contribution in [0.25, 0.3) is 0 Å². The number of carbonyl (C=O) groups excluding carboxylic acids is 1. The van der Waals surface area contributed by atoms with E-state index in [1.807, 2.05) is 30.3 Å². The second-order valence-corrected chi connectivity index (χ2v) is 3.53. The number of carbonyl (C=O) groups is 1.